The van der Waals surface area contributed by atoms with E-state index in [2.05, 4.69) is 54.3 Å². The number of tetrazole rings is 2. The second kappa shape index (κ2) is 10.2. The van der Waals surface area contributed by atoms with Gasteiger partial charge in [-0.05, 0) is 86.4 Å². The van der Waals surface area contributed by atoms with E-state index in [1.165, 1.54) is 5.56 Å². The van der Waals surface area contributed by atoms with Crippen molar-refractivity contribution in [2.45, 2.75) is 77.1 Å². The number of carbonyl (C=O) groups is 1. The van der Waals surface area contributed by atoms with Crippen LogP contribution in [0.1, 0.15) is 76.8 Å². The van der Waals surface area contributed by atoms with Gasteiger partial charge in [0.15, 0.2) is 11.6 Å². The minimum atomic E-state index is -0.580. The quantitative estimate of drug-likeness (QED) is 0.466. The van der Waals surface area contributed by atoms with Gasteiger partial charge in [-0.15, -0.1) is 10.2 Å². The highest BCUT2D eigenvalue weighted by Gasteiger charge is 2.41. The number of nitrogens with zero attached hydrogens (tertiary/aromatic N) is 10. The van der Waals surface area contributed by atoms with Gasteiger partial charge in [0.25, 0.3) is 0 Å². The average Bonchev–Trinajstić information content (AvgIpc) is 3.42. The molecule has 13 heteroatoms. The molecule has 0 aromatic carbocycles. The molecule has 0 saturated carbocycles. The van der Waals surface area contributed by atoms with Crippen LogP contribution in [0.2, 0.25) is 0 Å². The third-order valence-corrected chi connectivity index (χ3v) is 6.29. The molecule has 1 N–H and O–H groups in total. The zero-order valence-corrected chi connectivity index (χ0v) is 21.8. The normalized spacial score (nSPS) is 16.9. The van der Waals surface area contributed by atoms with Crippen molar-refractivity contribution >= 4 is 6.09 Å². The van der Waals surface area contributed by atoms with Crippen LogP contribution in [-0.4, -0.2) is 75.1 Å². The molecule has 36 heavy (non-hydrogen) atoms. The molecule has 0 spiro atoms. The minimum Gasteiger partial charge on any atom is -0.444 e. The van der Waals surface area contributed by atoms with Crippen LogP contribution in [0.25, 0.3) is 0 Å². The topological polar surface area (TPSA) is 142 Å². The Morgan fingerprint density at radius 2 is 1.94 bits per heavy atom. The van der Waals surface area contributed by atoms with E-state index in [9.17, 15) is 4.79 Å². The molecule has 0 radical (unpaired) electrons. The fraction of sp³-hybridized carbons (Fsp3) is 0.652. The lowest BCUT2D eigenvalue weighted by atomic mass is 9.91. The summed E-state index contributed by atoms with van der Waals surface area (Å²) in [6.45, 7) is 10.7. The fourth-order valence-corrected chi connectivity index (χ4v) is 4.47. The van der Waals surface area contributed by atoms with Gasteiger partial charge in [-0.1, -0.05) is 6.07 Å². The van der Waals surface area contributed by atoms with Crippen LogP contribution in [0, 0.1) is 0 Å². The van der Waals surface area contributed by atoms with Gasteiger partial charge in [0.1, 0.15) is 5.60 Å². The van der Waals surface area contributed by atoms with Crippen molar-refractivity contribution in [3.8, 4) is 0 Å². The van der Waals surface area contributed by atoms with Gasteiger partial charge in [0.2, 0.25) is 0 Å². The molecule has 0 aliphatic carbocycles. The smallest absolute Gasteiger partial charge is 0.410 e. The zero-order chi connectivity index (χ0) is 25.9. The summed E-state index contributed by atoms with van der Waals surface area (Å²) in [5, 5.41) is 28.3. The minimum absolute atomic E-state index is 0.0335. The Hall–Kier alpha value is -3.48. The van der Waals surface area contributed by atoms with Gasteiger partial charge in [-0.2, -0.15) is 0 Å². The van der Waals surface area contributed by atoms with Crippen molar-refractivity contribution in [2.24, 2.45) is 7.05 Å². The second-order valence-electron chi connectivity index (χ2n) is 10.6. The number of amides is 1. The first-order chi connectivity index (χ1) is 17.1. The van der Waals surface area contributed by atoms with E-state index in [1.54, 1.807) is 15.8 Å². The highest BCUT2D eigenvalue weighted by Crippen LogP contribution is 2.32. The predicted octanol–water partition coefficient (Wildman–Crippen LogP) is 1.97. The van der Waals surface area contributed by atoms with E-state index in [-0.39, 0.29) is 18.2 Å². The van der Waals surface area contributed by atoms with E-state index < -0.39 is 11.1 Å². The Labute approximate surface area is 210 Å². The molecule has 1 fully saturated rings. The third-order valence-electron chi connectivity index (χ3n) is 6.29. The van der Waals surface area contributed by atoms with Crippen molar-refractivity contribution in [2.75, 3.05) is 13.1 Å². The van der Waals surface area contributed by atoms with Crippen molar-refractivity contribution in [3.63, 3.8) is 0 Å². The van der Waals surface area contributed by atoms with Crippen LogP contribution in [0.4, 0.5) is 4.79 Å². The van der Waals surface area contributed by atoms with E-state index in [1.807, 2.05) is 51.7 Å². The summed E-state index contributed by atoms with van der Waals surface area (Å²) in [6, 6.07) is 3.84. The lowest BCUT2D eigenvalue weighted by molar-refractivity contribution is -0.00167. The number of rotatable bonds is 9. The summed E-state index contributed by atoms with van der Waals surface area (Å²) >= 11 is 0. The summed E-state index contributed by atoms with van der Waals surface area (Å²) in [5.41, 5.74) is 0.0599. The van der Waals surface area contributed by atoms with E-state index >= 15 is 0 Å². The van der Waals surface area contributed by atoms with Gasteiger partial charge >= 0.3 is 6.09 Å². The number of nitrogens with one attached hydrogen (secondary N) is 1. The number of aromatic nitrogens is 9. The first-order valence-corrected chi connectivity index (χ1v) is 12.2. The molecule has 0 bridgehead atoms. The molecule has 4 rings (SSSR count). The molecule has 13 nitrogen and oxygen atoms in total. The van der Waals surface area contributed by atoms with Crippen LogP contribution in [-0.2, 0) is 23.7 Å². The largest absolute Gasteiger partial charge is 0.444 e. The van der Waals surface area contributed by atoms with Crippen molar-refractivity contribution in [1.29, 1.82) is 0 Å². The van der Waals surface area contributed by atoms with Gasteiger partial charge in [-0.25, -0.2) is 14.2 Å². The van der Waals surface area contributed by atoms with E-state index in [4.69, 9.17) is 4.74 Å². The van der Waals surface area contributed by atoms with Gasteiger partial charge in [0, 0.05) is 32.5 Å². The highest BCUT2D eigenvalue weighted by molar-refractivity contribution is 5.69. The first kappa shape index (κ1) is 25.6. The Kier molecular flexibility index (Phi) is 7.29. The Morgan fingerprint density at radius 3 is 2.58 bits per heavy atom. The highest BCUT2D eigenvalue weighted by atomic mass is 16.6. The zero-order valence-electron chi connectivity index (χ0n) is 21.8. The van der Waals surface area contributed by atoms with E-state index in [0.29, 0.717) is 24.7 Å². The maximum Gasteiger partial charge on any atom is 0.410 e. The maximum absolute atomic E-state index is 12.4. The fourth-order valence-electron chi connectivity index (χ4n) is 4.47. The molecule has 2 atom stereocenters. The van der Waals surface area contributed by atoms with Crippen LogP contribution in [0.15, 0.2) is 24.5 Å². The van der Waals surface area contributed by atoms with Gasteiger partial charge in [-0.3, -0.25) is 10.3 Å². The maximum atomic E-state index is 12.4. The molecule has 1 aliphatic rings. The molecule has 3 aromatic rings. The summed E-state index contributed by atoms with van der Waals surface area (Å²) in [4.78, 5) is 18.3. The SMILES string of the molecule is CC(NC(C)(CCCc1cccnc1)c1nnnn1C1CN(C(=O)OC(C)(C)C)C1)c1nnnn1C. The number of ether oxygens (including phenoxy) is 1. The van der Waals surface area contributed by atoms with Crippen LogP contribution in [0.5, 0.6) is 0 Å². The molecule has 2 unspecified atom stereocenters. The number of hydrogen-bond acceptors (Lipinski definition) is 10. The monoisotopic (exact) mass is 497 g/mol. The molecular formula is C23H35N11O2. The Morgan fingerprint density at radius 1 is 1.19 bits per heavy atom. The lowest BCUT2D eigenvalue weighted by Gasteiger charge is -2.41. The van der Waals surface area contributed by atoms with Gasteiger partial charge in [0.05, 0.1) is 17.6 Å². The first-order valence-electron chi connectivity index (χ1n) is 12.2. The number of likely N-dealkylation sites (tertiary alicyclic amines) is 1. The third kappa shape index (κ3) is 5.83. The number of carbonyl (C=O) groups excluding carboxylic acids is 1. The summed E-state index contributed by atoms with van der Waals surface area (Å²) < 4.78 is 8.98. The van der Waals surface area contributed by atoms with Crippen LogP contribution >= 0.6 is 0 Å². The van der Waals surface area contributed by atoms with E-state index in [0.717, 1.165) is 19.3 Å². The standard InChI is InChI=1S/C23H35N11O2/c1-16(19-26-28-30-32(19)6)25-23(5,11-7-9-17-10-8-12-24-13-17)20-27-29-31-34(20)18-14-33(15-18)21(35)36-22(2,3)4/h8,10,12-13,16,18,25H,7,9,11,14-15H2,1-6H3. The molecule has 1 aliphatic heterocycles. The van der Waals surface area contributed by atoms with Gasteiger partial charge < -0.3 is 9.64 Å². The summed E-state index contributed by atoms with van der Waals surface area (Å²) in [5.74, 6) is 1.43. The molecule has 1 saturated heterocycles. The lowest BCUT2D eigenvalue weighted by Crippen LogP contribution is -2.54. The van der Waals surface area contributed by atoms with Crippen LogP contribution < -0.4 is 5.32 Å². The molecule has 3 aromatic heterocycles. The molecular weight excluding hydrogens is 462 g/mol. The number of aryl methyl sites for hydroxylation is 2. The van der Waals surface area contributed by atoms with Crippen molar-refractivity contribution in [3.05, 3.63) is 41.7 Å². The van der Waals surface area contributed by atoms with Crippen molar-refractivity contribution in [1.82, 2.24) is 55.6 Å². The molecule has 4 heterocycles. The second-order valence-corrected chi connectivity index (χ2v) is 10.6. The Bertz CT molecular complexity index is 1150. The number of pyridine rings is 1. The van der Waals surface area contributed by atoms with Crippen LogP contribution in [0.3, 0.4) is 0 Å². The summed E-state index contributed by atoms with van der Waals surface area (Å²) in [6.07, 6.45) is 5.87. The molecule has 194 valence electrons. The predicted molar refractivity (Wildman–Crippen MR) is 130 cm³/mol. The average molecular weight is 498 g/mol. The van der Waals surface area contributed by atoms with Crippen molar-refractivity contribution < 1.29 is 9.53 Å². The Balaban J connectivity index is 1.51. The number of hydrogen-bond donors (Lipinski definition) is 1. The summed E-state index contributed by atoms with van der Waals surface area (Å²) in [7, 11) is 1.82. The molecule has 1 amide bonds.